The summed E-state index contributed by atoms with van der Waals surface area (Å²) in [6.07, 6.45) is 2.46. The number of nitrogens with two attached hydrogens (primary N) is 2. The maximum Gasteiger partial charge on any atom is 0.161 e. The minimum atomic E-state index is -0.455. The molecule has 0 aliphatic heterocycles. The highest BCUT2D eigenvalue weighted by atomic mass is 16.5. The second kappa shape index (κ2) is 9.20. The van der Waals surface area contributed by atoms with Crippen molar-refractivity contribution in [3.8, 4) is 11.5 Å². The van der Waals surface area contributed by atoms with Crippen molar-refractivity contribution in [2.75, 3.05) is 18.1 Å². The summed E-state index contributed by atoms with van der Waals surface area (Å²) in [6.45, 7) is 8.75. The molecule has 0 saturated carbocycles. The van der Waals surface area contributed by atoms with E-state index < -0.39 is 6.10 Å². The van der Waals surface area contributed by atoms with Crippen molar-refractivity contribution in [1.29, 1.82) is 0 Å². The Morgan fingerprint density at radius 3 is 2.00 bits per heavy atom. The van der Waals surface area contributed by atoms with Crippen LogP contribution in [0.15, 0.2) is 36.4 Å². The molecule has 0 bridgehead atoms. The number of anilines is 2. The predicted molar refractivity (Wildman–Crippen MR) is 116 cm³/mol. The second-order valence-corrected chi connectivity index (χ2v) is 8.04. The average Bonchev–Trinajstić information content (AvgIpc) is 2.68. The largest absolute Gasteiger partial charge is 0.504 e. The Hall–Kier alpha value is -2.40. The molecule has 0 radical (unpaired) electrons. The van der Waals surface area contributed by atoms with E-state index in [9.17, 15) is 10.2 Å². The number of phenolic OH excluding ortho intramolecular Hbond substituents is 1. The SMILES string of the molecule is CCC(CC)C[C@H](O)COc1ccc(C(C)(C)c2cc(N)c(O)c(N)c2)cc1. The van der Waals surface area contributed by atoms with Crippen LogP contribution < -0.4 is 16.2 Å². The van der Waals surface area contributed by atoms with Gasteiger partial charge in [0.15, 0.2) is 5.75 Å². The van der Waals surface area contributed by atoms with Crippen molar-refractivity contribution in [3.63, 3.8) is 0 Å². The van der Waals surface area contributed by atoms with Crippen molar-refractivity contribution >= 4 is 11.4 Å². The van der Waals surface area contributed by atoms with Gasteiger partial charge in [0.2, 0.25) is 0 Å². The van der Waals surface area contributed by atoms with Gasteiger partial charge >= 0.3 is 0 Å². The van der Waals surface area contributed by atoms with E-state index in [1.807, 2.05) is 24.3 Å². The molecule has 0 saturated heterocycles. The molecule has 0 fully saturated rings. The number of nitrogen functional groups attached to an aromatic ring is 2. The monoisotopic (exact) mass is 386 g/mol. The first-order chi connectivity index (χ1) is 13.2. The lowest BCUT2D eigenvalue weighted by atomic mass is 9.78. The van der Waals surface area contributed by atoms with Gasteiger partial charge in [0.25, 0.3) is 0 Å². The number of aliphatic hydroxyl groups is 1. The van der Waals surface area contributed by atoms with Crippen molar-refractivity contribution in [1.82, 2.24) is 0 Å². The Kier molecular flexibility index (Phi) is 7.19. The first-order valence-corrected chi connectivity index (χ1v) is 9.98. The summed E-state index contributed by atoms with van der Waals surface area (Å²) in [4.78, 5) is 0. The van der Waals surface area contributed by atoms with Crippen LogP contribution in [0.2, 0.25) is 0 Å². The minimum Gasteiger partial charge on any atom is -0.504 e. The molecule has 0 aliphatic rings. The predicted octanol–water partition coefficient (Wildman–Crippen LogP) is 4.45. The molecule has 2 aromatic carbocycles. The van der Waals surface area contributed by atoms with Crippen LogP contribution in [0, 0.1) is 5.92 Å². The van der Waals surface area contributed by atoms with Gasteiger partial charge in [-0.1, -0.05) is 52.7 Å². The van der Waals surface area contributed by atoms with Gasteiger partial charge in [-0.25, -0.2) is 0 Å². The Morgan fingerprint density at radius 2 is 1.50 bits per heavy atom. The van der Waals surface area contributed by atoms with E-state index in [1.165, 1.54) is 0 Å². The molecule has 0 heterocycles. The number of benzene rings is 2. The molecule has 5 heteroatoms. The van der Waals surface area contributed by atoms with Crippen molar-refractivity contribution < 1.29 is 14.9 Å². The van der Waals surface area contributed by atoms with Gasteiger partial charge in [-0.05, 0) is 47.7 Å². The third-order valence-electron chi connectivity index (χ3n) is 5.67. The maximum atomic E-state index is 10.2. The van der Waals surface area contributed by atoms with Crippen LogP contribution in [0.1, 0.15) is 58.1 Å². The molecule has 2 rings (SSSR count). The molecule has 6 N–H and O–H groups in total. The van der Waals surface area contributed by atoms with Crippen molar-refractivity contribution in [3.05, 3.63) is 47.5 Å². The fourth-order valence-corrected chi connectivity index (χ4v) is 3.44. The zero-order chi connectivity index (χ0) is 20.9. The highest BCUT2D eigenvalue weighted by Crippen LogP contribution is 2.38. The topological polar surface area (TPSA) is 102 Å². The zero-order valence-corrected chi connectivity index (χ0v) is 17.4. The number of hydrogen-bond donors (Lipinski definition) is 4. The van der Waals surface area contributed by atoms with Crippen molar-refractivity contribution in [2.45, 2.75) is 58.5 Å². The normalized spacial score (nSPS) is 12.9. The van der Waals surface area contributed by atoms with Crippen LogP contribution in [-0.2, 0) is 5.41 Å². The Labute approximate surface area is 168 Å². The zero-order valence-electron chi connectivity index (χ0n) is 17.4. The number of rotatable bonds is 9. The number of ether oxygens (including phenoxy) is 1. The quantitative estimate of drug-likeness (QED) is 0.377. The van der Waals surface area contributed by atoms with E-state index in [0.717, 1.165) is 36.1 Å². The smallest absolute Gasteiger partial charge is 0.161 e. The van der Waals surface area contributed by atoms with Crippen LogP contribution in [0.4, 0.5) is 11.4 Å². The van der Waals surface area contributed by atoms with Crippen LogP contribution >= 0.6 is 0 Å². The molecule has 2 aromatic rings. The van der Waals surface area contributed by atoms with Crippen LogP contribution in [0.3, 0.4) is 0 Å². The molecule has 0 spiro atoms. The molecule has 0 unspecified atom stereocenters. The van der Waals surface area contributed by atoms with Gasteiger partial charge in [0.05, 0.1) is 17.5 Å². The van der Waals surface area contributed by atoms with E-state index >= 15 is 0 Å². The summed E-state index contributed by atoms with van der Waals surface area (Å²) in [5.74, 6) is 1.19. The standard InChI is InChI=1S/C23H34N2O3/c1-5-15(6-2)11-18(26)14-28-19-9-7-16(8-10-19)23(3,4)17-12-20(24)22(27)21(25)13-17/h7-10,12-13,15,18,26-27H,5-6,11,14,24-25H2,1-4H3/t18-/m0/s1. The van der Waals surface area contributed by atoms with E-state index in [-0.39, 0.29) is 22.5 Å². The summed E-state index contributed by atoms with van der Waals surface area (Å²) < 4.78 is 5.76. The number of aromatic hydroxyl groups is 1. The lowest BCUT2D eigenvalue weighted by Crippen LogP contribution is -2.21. The van der Waals surface area contributed by atoms with E-state index in [2.05, 4.69) is 27.7 Å². The first-order valence-electron chi connectivity index (χ1n) is 9.98. The molecule has 28 heavy (non-hydrogen) atoms. The lowest BCUT2D eigenvalue weighted by Gasteiger charge is -2.27. The highest BCUT2D eigenvalue weighted by Gasteiger charge is 2.25. The van der Waals surface area contributed by atoms with Crippen molar-refractivity contribution in [2.24, 2.45) is 5.92 Å². The molecular formula is C23H34N2O3. The molecule has 5 nitrogen and oxygen atoms in total. The summed E-state index contributed by atoms with van der Waals surface area (Å²) in [5, 5.41) is 20.0. The maximum absolute atomic E-state index is 10.2. The minimum absolute atomic E-state index is 0.0739. The number of phenols is 1. The third kappa shape index (κ3) is 5.10. The second-order valence-electron chi connectivity index (χ2n) is 8.04. The molecule has 0 aliphatic carbocycles. The Balaban J connectivity index is 2.07. The first kappa shape index (κ1) is 21.9. The molecular weight excluding hydrogens is 352 g/mol. The average molecular weight is 387 g/mol. The van der Waals surface area contributed by atoms with Gasteiger partial charge in [0, 0.05) is 5.41 Å². The van der Waals surface area contributed by atoms with Gasteiger partial charge in [-0.2, -0.15) is 0 Å². The van der Waals surface area contributed by atoms with Crippen LogP contribution in [0.25, 0.3) is 0 Å². The summed E-state index contributed by atoms with van der Waals surface area (Å²) >= 11 is 0. The third-order valence-corrected chi connectivity index (χ3v) is 5.67. The van der Waals surface area contributed by atoms with Gasteiger partial charge in [-0.15, -0.1) is 0 Å². The lowest BCUT2D eigenvalue weighted by molar-refractivity contribution is 0.0834. The summed E-state index contributed by atoms with van der Waals surface area (Å²) in [7, 11) is 0. The fraction of sp³-hybridized carbons (Fsp3) is 0.478. The highest BCUT2D eigenvalue weighted by molar-refractivity contribution is 5.69. The molecule has 154 valence electrons. The Bertz CT molecular complexity index is 745. The molecule has 1 atom stereocenters. The van der Waals surface area contributed by atoms with E-state index in [4.69, 9.17) is 16.2 Å². The van der Waals surface area contributed by atoms with Crippen LogP contribution in [-0.4, -0.2) is 22.9 Å². The molecule has 0 amide bonds. The summed E-state index contributed by atoms with van der Waals surface area (Å²) in [5.41, 5.74) is 13.9. The van der Waals surface area contributed by atoms with Gasteiger partial charge in [0.1, 0.15) is 12.4 Å². The molecule has 0 aromatic heterocycles. The van der Waals surface area contributed by atoms with Gasteiger partial charge < -0.3 is 26.4 Å². The van der Waals surface area contributed by atoms with Crippen LogP contribution in [0.5, 0.6) is 11.5 Å². The van der Waals surface area contributed by atoms with E-state index in [0.29, 0.717) is 12.5 Å². The summed E-state index contributed by atoms with van der Waals surface area (Å²) in [6, 6.07) is 11.3. The van der Waals surface area contributed by atoms with E-state index in [1.54, 1.807) is 12.1 Å². The number of hydrogen-bond acceptors (Lipinski definition) is 5. The van der Waals surface area contributed by atoms with Gasteiger partial charge in [-0.3, -0.25) is 0 Å². The number of aliphatic hydroxyl groups excluding tert-OH is 1. The Morgan fingerprint density at radius 1 is 0.964 bits per heavy atom. The fourth-order valence-electron chi connectivity index (χ4n) is 3.44.